The van der Waals surface area contributed by atoms with Crippen molar-refractivity contribution in [3.8, 4) is 0 Å². The molecule has 0 N–H and O–H groups in total. The zero-order valence-corrected chi connectivity index (χ0v) is 12.5. The second kappa shape index (κ2) is 6.14. The summed E-state index contributed by atoms with van der Waals surface area (Å²) in [7, 11) is 0. The highest BCUT2D eigenvalue weighted by Gasteiger charge is 2.11. The Kier molecular flexibility index (Phi) is 5.09. The Bertz CT molecular complexity index is 448. The van der Waals surface area contributed by atoms with Crippen LogP contribution in [0, 0.1) is 10.1 Å². The molecule has 0 atom stereocenters. The third-order valence-electron chi connectivity index (χ3n) is 1.80. The maximum atomic E-state index is 10.5. The average molecular weight is 363 g/mol. The molecule has 0 spiro atoms. The highest BCUT2D eigenvalue weighted by atomic mass is 127. The Morgan fingerprint density at radius 2 is 1.89 bits per heavy atom. The first kappa shape index (κ1) is 14.9. The first-order chi connectivity index (χ1) is 8.29. The van der Waals surface area contributed by atoms with E-state index in [1.54, 1.807) is 12.1 Å². The lowest BCUT2D eigenvalue weighted by Gasteiger charge is -2.15. The summed E-state index contributed by atoms with van der Waals surface area (Å²) in [5, 5.41) is 10.5. The molecule has 0 radical (unpaired) electrons. The average Bonchev–Trinajstić information content (AvgIpc) is 2.27. The SMILES string of the molecule is CC(C)(C)OOC=C(I)c1ccc([N+](=O)[O-])cc1. The van der Waals surface area contributed by atoms with Crippen LogP contribution in [0.4, 0.5) is 5.69 Å². The van der Waals surface area contributed by atoms with Gasteiger partial charge in [0.25, 0.3) is 5.69 Å². The van der Waals surface area contributed by atoms with Crippen molar-refractivity contribution in [1.29, 1.82) is 0 Å². The minimum absolute atomic E-state index is 0.0646. The third-order valence-corrected chi connectivity index (χ3v) is 2.68. The van der Waals surface area contributed by atoms with E-state index in [1.807, 2.05) is 20.8 Å². The molecule has 6 heteroatoms. The van der Waals surface area contributed by atoms with E-state index >= 15 is 0 Å². The molecule has 0 aromatic heterocycles. The van der Waals surface area contributed by atoms with Crippen LogP contribution in [0.25, 0.3) is 3.58 Å². The molecule has 0 heterocycles. The normalized spacial score (nSPS) is 12.3. The molecule has 0 unspecified atom stereocenters. The standard InChI is InChI=1S/C12H14INO4/c1-12(2,3)18-17-8-11(13)9-4-6-10(7-5-9)14(15)16/h4-8H,1-3H3. The molecule has 0 amide bonds. The van der Waals surface area contributed by atoms with Gasteiger partial charge in [-0.05, 0) is 61.1 Å². The number of hydrogen-bond donors (Lipinski definition) is 0. The molecule has 5 nitrogen and oxygen atoms in total. The van der Waals surface area contributed by atoms with Crippen LogP contribution < -0.4 is 0 Å². The van der Waals surface area contributed by atoms with E-state index in [0.29, 0.717) is 0 Å². The molecule has 0 saturated heterocycles. The highest BCUT2D eigenvalue weighted by molar-refractivity contribution is 14.1. The van der Waals surface area contributed by atoms with Gasteiger partial charge in [-0.3, -0.25) is 10.1 Å². The van der Waals surface area contributed by atoms with Crippen molar-refractivity contribution >= 4 is 31.9 Å². The fourth-order valence-corrected chi connectivity index (χ4v) is 1.48. The Morgan fingerprint density at radius 1 is 1.33 bits per heavy atom. The number of hydrogen-bond acceptors (Lipinski definition) is 4. The van der Waals surface area contributed by atoms with Crippen molar-refractivity contribution in [2.24, 2.45) is 0 Å². The van der Waals surface area contributed by atoms with E-state index in [4.69, 9.17) is 9.78 Å². The summed E-state index contributed by atoms with van der Waals surface area (Å²) < 4.78 is 0.798. The zero-order valence-electron chi connectivity index (χ0n) is 10.3. The lowest BCUT2D eigenvalue weighted by Crippen LogP contribution is -2.17. The fraction of sp³-hybridized carbons (Fsp3) is 0.333. The molecule has 0 aliphatic heterocycles. The van der Waals surface area contributed by atoms with Gasteiger partial charge in [-0.1, -0.05) is 0 Å². The number of nitro groups is 1. The molecule has 0 aliphatic carbocycles. The minimum atomic E-state index is -0.431. The fourth-order valence-electron chi connectivity index (χ4n) is 1.02. The molecule has 0 bridgehead atoms. The molecule has 0 aliphatic rings. The van der Waals surface area contributed by atoms with E-state index < -0.39 is 4.92 Å². The molecule has 1 aromatic rings. The predicted octanol–water partition coefficient (Wildman–Crippen LogP) is 4.07. The van der Waals surface area contributed by atoms with Crippen molar-refractivity contribution in [1.82, 2.24) is 0 Å². The van der Waals surface area contributed by atoms with Gasteiger partial charge < -0.3 is 4.89 Å². The van der Waals surface area contributed by atoms with Gasteiger partial charge in [0.1, 0.15) is 11.9 Å². The summed E-state index contributed by atoms with van der Waals surface area (Å²) in [6.45, 7) is 5.62. The first-order valence-corrected chi connectivity index (χ1v) is 6.32. The molecular weight excluding hydrogens is 349 g/mol. The van der Waals surface area contributed by atoms with Crippen LogP contribution >= 0.6 is 22.6 Å². The Morgan fingerprint density at radius 3 is 2.33 bits per heavy atom. The summed E-state index contributed by atoms with van der Waals surface area (Å²) >= 11 is 2.07. The van der Waals surface area contributed by atoms with Gasteiger partial charge in [-0.15, -0.1) is 0 Å². The molecule has 0 fully saturated rings. The number of benzene rings is 1. The predicted molar refractivity (Wildman–Crippen MR) is 77.0 cm³/mol. The minimum Gasteiger partial charge on any atom is -0.344 e. The van der Waals surface area contributed by atoms with Gasteiger partial charge in [0.15, 0.2) is 0 Å². The topological polar surface area (TPSA) is 61.6 Å². The van der Waals surface area contributed by atoms with Crippen LogP contribution in [0.3, 0.4) is 0 Å². The molecule has 1 rings (SSSR count). The van der Waals surface area contributed by atoms with Crippen molar-refractivity contribution in [2.75, 3.05) is 0 Å². The van der Waals surface area contributed by atoms with Crippen LogP contribution in [0.1, 0.15) is 26.3 Å². The maximum absolute atomic E-state index is 10.5. The van der Waals surface area contributed by atoms with Crippen LogP contribution in [0.2, 0.25) is 0 Å². The first-order valence-electron chi connectivity index (χ1n) is 5.24. The molecule has 18 heavy (non-hydrogen) atoms. The van der Waals surface area contributed by atoms with Crippen molar-refractivity contribution in [2.45, 2.75) is 26.4 Å². The zero-order chi connectivity index (χ0) is 13.8. The van der Waals surface area contributed by atoms with E-state index in [-0.39, 0.29) is 11.3 Å². The highest BCUT2D eigenvalue weighted by Crippen LogP contribution is 2.24. The van der Waals surface area contributed by atoms with Gasteiger partial charge in [-0.2, -0.15) is 4.89 Å². The second-order valence-corrected chi connectivity index (χ2v) is 5.72. The maximum Gasteiger partial charge on any atom is 0.269 e. The van der Waals surface area contributed by atoms with E-state index in [2.05, 4.69) is 22.6 Å². The van der Waals surface area contributed by atoms with Crippen LogP contribution in [-0.2, 0) is 9.78 Å². The smallest absolute Gasteiger partial charge is 0.269 e. The van der Waals surface area contributed by atoms with Gasteiger partial charge in [0, 0.05) is 12.1 Å². The largest absolute Gasteiger partial charge is 0.344 e. The van der Waals surface area contributed by atoms with Gasteiger partial charge in [0.05, 0.1) is 8.50 Å². The number of nitrogens with zero attached hydrogens (tertiary/aromatic N) is 1. The second-order valence-electron chi connectivity index (χ2n) is 4.56. The quantitative estimate of drug-likeness (QED) is 0.266. The molecular formula is C12H14INO4. The number of rotatable bonds is 4. The number of nitro benzene ring substituents is 1. The Balaban J connectivity index is 2.69. The number of halogens is 1. The van der Waals surface area contributed by atoms with Gasteiger partial charge in [0.2, 0.25) is 0 Å². The molecule has 98 valence electrons. The Hall–Kier alpha value is -1.15. The summed E-state index contributed by atoms with van der Waals surface area (Å²) in [5.41, 5.74) is 0.511. The number of non-ortho nitro benzene ring substituents is 1. The van der Waals surface area contributed by atoms with Crippen LogP contribution in [-0.4, -0.2) is 10.5 Å². The van der Waals surface area contributed by atoms with E-state index in [0.717, 1.165) is 9.14 Å². The van der Waals surface area contributed by atoms with E-state index in [1.165, 1.54) is 18.4 Å². The summed E-state index contributed by atoms with van der Waals surface area (Å²) in [4.78, 5) is 20.2. The molecule has 1 aromatic carbocycles. The lowest BCUT2D eigenvalue weighted by atomic mass is 10.2. The van der Waals surface area contributed by atoms with Crippen molar-refractivity contribution in [3.63, 3.8) is 0 Å². The van der Waals surface area contributed by atoms with Crippen molar-refractivity contribution < 1.29 is 14.7 Å². The monoisotopic (exact) mass is 363 g/mol. The summed E-state index contributed by atoms with van der Waals surface area (Å²) in [5.74, 6) is 0. The van der Waals surface area contributed by atoms with Crippen LogP contribution in [0.15, 0.2) is 30.5 Å². The van der Waals surface area contributed by atoms with Gasteiger partial charge >= 0.3 is 0 Å². The Labute approximate surface area is 119 Å². The lowest BCUT2D eigenvalue weighted by molar-refractivity contribution is -0.384. The molecule has 0 saturated carbocycles. The van der Waals surface area contributed by atoms with E-state index in [9.17, 15) is 10.1 Å². The van der Waals surface area contributed by atoms with Crippen LogP contribution in [0.5, 0.6) is 0 Å². The van der Waals surface area contributed by atoms with Gasteiger partial charge in [-0.25, -0.2) is 0 Å². The summed E-state index contributed by atoms with van der Waals surface area (Å²) in [6.07, 6.45) is 1.47. The summed E-state index contributed by atoms with van der Waals surface area (Å²) in [6, 6.07) is 6.23. The third kappa shape index (κ3) is 5.01. The van der Waals surface area contributed by atoms with Crippen molar-refractivity contribution in [3.05, 3.63) is 46.2 Å².